The number of rotatable bonds is 5. The molecule has 6 heteroatoms. The average Bonchev–Trinajstić information content (AvgIpc) is 3.01. The lowest BCUT2D eigenvalue weighted by atomic mass is 10.2. The minimum atomic E-state index is -0.197. The molecule has 0 unspecified atom stereocenters. The molecule has 2 N–H and O–H groups in total. The van der Waals surface area contributed by atoms with Crippen LogP contribution in [0.15, 0.2) is 53.0 Å². The number of carbonyl (C=O) groups excluding carboxylic acids is 1. The molecule has 0 fully saturated rings. The number of hydrogen-bond acceptors (Lipinski definition) is 3. The van der Waals surface area contributed by atoms with Crippen LogP contribution < -0.4 is 10.1 Å². The molecule has 2 aromatic carbocycles. The Morgan fingerprint density at radius 3 is 2.96 bits per heavy atom. The highest BCUT2D eigenvalue weighted by Gasteiger charge is 2.04. The van der Waals surface area contributed by atoms with Crippen LogP contribution in [0.5, 0.6) is 5.75 Å². The lowest BCUT2D eigenvalue weighted by Crippen LogP contribution is -2.20. The maximum atomic E-state index is 12.0. The van der Waals surface area contributed by atoms with Crippen molar-refractivity contribution < 1.29 is 9.53 Å². The van der Waals surface area contributed by atoms with Crippen molar-refractivity contribution in [2.24, 2.45) is 0 Å². The molecule has 0 radical (unpaired) electrons. The fourth-order valence-corrected chi connectivity index (χ4v) is 2.70. The van der Waals surface area contributed by atoms with Crippen LogP contribution >= 0.6 is 15.9 Å². The normalized spacial score (nSPS) is 11.1. The Kier molecular flexibility index (Phi) is 4.96. The van der Waals surface area contributed by atoms with Crippen LogP contribution in [-0.2, 0) is 11.3 Å². The fourth-order valence-electron chi connectivity index (χ4n) is 2.32. The van der Waals surface area contributed by atoms with E-state index in [-0.39, 0.29) is 5.91 Å². The van der Waals surface area contributed by atoms with Crippen LogP contribution in [0, 0.1) is 0 Å². The van der Waals surface area contributed by atoms with Gasteiger partial charge in [0.05, 0.1) is 24.7 Å². The Labute approximate surface area is 147 Å². The third-order valence-electron chi connectivity index (χ3n) is 3.47. The molecule has 0 aliphatic rings. The van der Waals surface area contributed by atoms with Gasteiger partial charge < -0.3 is 15.0 Å². The zero-order valence-electron chi connectivity index (χ0n) is 13.0. The van der Waals surface area contributed by atoms with Crippen molar-refractivity contribution in [2.45, 2.75) is 6.54 Å². The van der Waals surface area contributed by atoms with Gasteiger partial charge in [-0.25, -0.2) is 4.98 Å². The van der Waals surface area contributed by atoms with E-state index in [2.05, 4.69) is 31.2 Å². The van der Waals surface area contributed by atoms with E-state index >= 15 is 0 Å². The van der Waals surface area contributed by atoms with Gasteiger partial charge in [0.25, 0.3) is 0 Å². The van der Waals surface area contributed by atoms with Crippen molar-refractivity contribution in [1.29, 1.82) is 0 Å². The summed E-state index contributed by atoms with van der Waals surface area (Å²) in [5.74, 6) is 1.23. The van der Waals surface area contributed by atoms with Gasteiger partial charge in [-0.1, -0.05) is 28.1 Å². The second-order valence-electron chi connectivity index (χ2n) is 5.14. The second kappa shape index (κ2) is 7.31. The number of methoxy groups -OCH3 is 1. The average molecular weight is 386 g/mol. The summed E-state index contributed by atoms with van der Waals surface area (Å²) in [4.78, 5) is 19.6. The van der Waals surface area contributed by atoms with Crippen LogP contribution in [0.3, 0.4) is 0 Å². The molecule has 122 valence electrons. The first-order valence-corrected chi connectivity index (χ1v) is 8.18. The highest BCUT2D eigenvalue weighted by Crippen LogP contribution is 2.24. The van der Waals surface area contributed by atoms with E-state index in [0.717, 1.165) is 26.9 Å². The number of amides is 1. The summed E-state index contributed by atoms with van der Waals surface area (Å²) in [6.07, 6.45) is 3.20. The molecule has 1 aromatic heterocycles. The van der Waals surface area contributed by atoms with Crippen LogP contribution in [0.1, 0.15) is 11.4 Å². The number of halogens is 1. The van der Waals surface area contributed by atoms with Gasteiger partial charge in [-0.3, -0.25) is 4.79 Å². The van der Waals surface area contributed by atoms with Gasteiger partial charge in [0.15, 0.2) is 0 Å². The summed E-state index contributed by atoms with van der Waals surface area (Å²) in [6.45, 7) is 0.341. The van der Waals surface area contributed by atoms with Gasteiger partial charge in [-0.2, -0.15) is 0 Å². The minimum Gasteiger partial charge on any atom is -0.496 e. The molecule has 24 heavy (non-hydrogen) atoms. The quantitative estimate of drug-likeness (QED) is 0.658. The Hall–Kier alpha value is -2.60. The number of para-hydroxylation sites is 2. The first-order chi connectivity index (χ1) is 11.7. The predicted octanol–water partition coefficient (Wildman–Crippen LogP) is 3.66. The molecule has 1 heterocycles. The first-order valence-electron chi connectivity index (χ1n) is 7.39. The van der Waals surface area contributed by atoms with Crippen molar-refractivity contribution in [3.63, 3.8) is 0 Å². The Balaban J connectivity index is 1.64. The molecular formula is C18H16BrN3O2. The smallest absolute Gasteiger partial charge is 0.244 e. The molecule has 0 atom stereocenters. The molecule has 3 rings (SSSR count). The molecule has 0 saturated carbocycles. The van der Waals surface area contributed by atoms with Crippen molar-refractivity contribution in [2.75, 3.05) is 7.11 Å². The molecule has 3 aromatic rings. The number of nitrogens with zero attached hydrogens (tertiary/aromatic N) is 1. The number of aromatic amines is 1. The molecule has 1 amide bonds. The number of benzene rings is 2. The van der Waals surface area contributed by atoms with Gasteiger partial charge in [-0.15, -0.1) is 0 Å². The number of hydrogen-bond donors (Lipinski definition) is 2. The van der Waals surface area contributed by atoms with E-state index in [1.807, 2.05) is 42.5 Å². The van der Waals surface area contributed by atoms with Gasteiger partial charge in [0.2, 0.25) is 5.91 Å². The Morgan fingerprint density at radius 1 is 1.33 bits per heavy atom. The molecule has 0 saturated heterocycles. The summed E-state index contributed by atoms with van der Waals surface area (Å²) in [6, 6.07) is 13.4. The zero-order chi connectivity index (χ0) is 16.9. The van der Waals surface area contributed by atoms with E-state index in [1.165, 1.54) is 6.08 Å². The summed E-state index contributed by atoms with van der Waals surface area (Å²) in [5, 5.41) is 2.81. The SMILES string of the molecule is COc1ccc(Br)cc1C=CC(=O)NCc1nc2ccccc2[nH]1. The maximum absolute atomic E-state index is 12.0. The van der Waals surface area contributed by atoms with Crippen molar-refractivity contribution in [1.82, 2.24) is 15.3 Å². The van der Waals surface area contributed by atoms with Gasteiger partial charge in [0.1, 0.15) is 11.6 Å². The fraction of sp³-hybridized carbons (Fsp3) is 0.111. The van der Waals surface area contributed by atoms with Gasteiger partial charge in [0, 0.05) is 16.1 Å². The highest BCUT2D eigenvalue weighted by molar-refractivity contribution is 9.10. The summed E-state index contributed by atoms with van der Waals surface area (Å²) < 4.78 is 6.20. The monoisotopic (exact) mass is 385 g/mol. The lowest BCUT2D eigenvalue weighted by Gasteiger charge is -2.05. The molecule has 5 nitrogen and oxygen atoms in total. The Bertz CT molecular complexity index is 869. The van der Waals surface area contributed by atoms with Gasteiger partial charge >= 0.3 is 0 Å². The summed E-state index contributed by atoms with van der Waals surface area (Å²) in [5.41, 5.74) is 2.66. The van der Waals surface area contributed by atoms with E-state index in [1.54, 1.807) is 13.2 Å². The van der Waals surface area contributed by atoms with Crippen molar-refractivity contribution in [3.05, 3.63) is 64.4 Å². The summed E-state index contributed by atoms with van der Waals surface area (Å²) in [7, 11) is 1.60. The van der Waals surface area contributed by atoms with Crippen LogP contribution in [0.25, 0.3) is 17.1 Å². The standard InChI is InChI=1S/C18H16BrN3O2/c1-24-16-8-7-13(19)10-12(16)6-9-18(23)20-11-17-21-14-4-2-3-5-15(14)22-17/h2-10H,11H2,1H3,(H,20,23)(H,21,22). The molecule has 0 aliphatic carbocycles. The Morgan fingerprint density at radius 2 is 2.17 bits per heavy atom. The van der Waals surface area contributed by atoms with E-state index < -0.39 is 0 Å². The number of aromatic nitrogens is 2. The van der Waals surface area contributed by atoms with E-state index in [4.69, 9.17) is 4.74 Å². The van der Waals surface area contributed by atoms with E-state index in [0.29, 0.717) is 12.3 Å². The van der Waals surface area contributed by atoms with Crippen molar-refractivity contribution >= 4 is 38.9 Å². The highest BCUT2D eigenvalue weighted by atomic mass is 79.9. The molecule has 0 bridgehead atoms. The van der Waals surface area contributed by atoms with E-state index in [9.17, 15) is 4.79 Å². The molecular weight excluding hydrogens is 370 g/mol. The second-order valence-corrected chi connectivity index (χ2v) is 6.05. The summed E-state index contributed by atoms with van der Waals surface area (Å²) >= 11 is 3.41. The first kappa shape index (κ1) is 16.3. The number of ether oxygens (including phenoxy) is 1. The van der Waals surface area contributed by atoms with Crippen LogP contribution in [0.2, 0.25) is 0 Å². The number of fused-ring (bicyclic) bond motifs is 1. The maximum Gasteiger partial charge on any atom is 0.244 e. The topological polar surface area (TPSA) is 67.0 Å². The van der Waals surface area contributed by atoms with Crippen molar-refractivity contribution in [3.8, 4) is 5.75 Å². The third kappa shape index (κ3) is 3.83. The number of nitrogens with one attached hydrogen (secondary N) is 2. The van der Waals surface area contributed by atoms with Gasteiger partial charge in [-0.05, 0) is 36.4 Å². The lowest BCUT2D eigenvalue weighted by molar-refractivity contribution is -0.116. The minimum absolute atomic E-state index is 0.197. The number of carbonyl (C=O) groups is 1. The third-order valence-corrected chi connectivity index (χ3v) is 3.97. The predicted molar refractivity (Wildman–Crippen MR) is 97.7 cm³/mol. The largest absolute Gasteiger partial charge is 0.496 e. The number of imidazole rings is 1. The zero-order valence-corrected chi connectivity index (χ0v) is 14.6. The number of H-pyrrole nitrogens is 1. The van der Waals surface area contributed by atoms with Crippen LogP contribution in [0.4, 0.5) is 0 Å². The molecule has 0 spiro atoms. The van der Waals surface area contributed by atoms with Crippen LogP contribution in [-0.4, -0.2) is 23.0 Å². The molecule has 0 aliphatic heterocycles.